The van der Waals surface area contributed by atoms with E-state index in [1.807, 2.05) is 0 Å². The van der Waals surface area contributed by atoms with Gasteiger partial charge in [0, 0.05) is 25.0 Å². The first-order valence-corrected chi connectivity index (χ1v) is 6.32. The first kappa shape index (κ1) is 13.5. The SMILES string of the molecule is CCCN1CCC(C)NCC1CCC(=O)O. The molecule has 0 radical (unpaired) electrons. The van der Waals surface area contributed by atoms with Crippen LogP contribution in [0.3, 0.4) is 0 Å². The van der Waals surface area contributed by atoms with Gasteiger partial charge >= 0.3 is 5.97 Å². The second-order valence-electron chi connectivity index (χ2n) is 4.72. The molecule has 0 saturated carbocycles. The molecule has 94 valence electrons. The Hall–Kier alpha value is -0.610. The molecule has 0 bridgehead atoms. The number of hydrogen-bond donors (Lipinski definition) is 2. The van der Waals surface area contributed by atoms with Gasteiger partial charge in [-0.3, -0.25) is 9.69 Å². The zero-order chi connectivity index (χ0) is 12.0. The predicted octanol–water partition coefficient (Wildman–Crippen LogP) is 1.31. The molecule has 16 heavy (non-hydrogen) atoms. The number of carboxylic acid groups (broad SMARTS) is 1. The summed E-state index contributed by atoms with van der Waals surface area (Å²) in [5, 5.41) is 12.2. The zero-order valence-corrected chi connectivity index (χ0v) is 10.4. The highest BCUT2D eigenvalue weighted by Crippen LogP contribution is 2.13. The largest absolute Gasteiger partial charge is 0.481 e. The van der Waals surface area contributed by atoms with Crippen molar-refractivity contribution in [2.45, 2.75) is 51.6 Å². The van der Waals surface area contributed by atoms with Gasteiger partial charge in [0.2, 0.25) is 0 Å². The van der Waals surface area contributed by atoms with E-state index >= 15 is 0 Å². The van der Waals surface area contributed by atoms with E-state index in [1.54, 1.807) is 0 Å². The lowest BCUT2D eigenvalue weighted by Gasteiger charge is -2.28. The van der Waals surface area contributed by atoms with Gasteiger partial charge in [-0.1, -0.05) is 6.92 Å². The third-order valence-electron chi connectivity index (χ3n) is 3.27. The smallest absolute Gasteiger partial charge is 0.303 e. The van der Waals surface area contributed by atoms with Gasteiger partial charge in [-0.15, -0.1) is 0 Å². The van der Waals surface area contributed by atoms with Crippen LogP contribution >= 0.6 is 0 Å². The summed E-state index contributed by atoms with van der Waals surface area (Å²) in [6.45, 7) is 7.47. The molecule has 0 spiro atoms. The second-order valence-corrected chi connectivity index (χ2v) is 4.72. The van der Waals surface area contributed by atoms with E-state index in [4.69, 9.17) is 5.11 Å². The monoisotopic (exact) mass is 228 g/mol. The molecule has 1 fully saturated rings. The Labute approximate surface area is 98.0 Å². The summed E-state index contributed by atoms with van der Waals surface area (Å²) in [5.74, 6) is -0.686. The number of nitrogens with zero attached hydrogens (tertiary/aromatic N) is 1. The molecule has 1 rings (SSSR count). The van der Waals surface area contributed by atoms with Crippen LogP contribution in [0.15, 0.2) is 0 Å². The van der Waals surface area contributed by atoms with Crippen molar-refractivity contribution in [3.05, 3.63) is 0 Å². The summed E-state index contributed by atoms with van der Waals surface area (Å²) >= 11 is 0. The Morgan fingerprint density at radius 2 is 2.31 bits per heavy atom. The van der Waals surface area contributed by atoms with Gasteiger partial charge < -0.3 is 10.4 Å². The molecule has 2 atom stereocenters. The van der Waals surface area contributed by atoms with Gasteiger partial charge in [0.05, 0.1) is 0 Å². The molecule has 1 saturated heterocycles. The lowest BCUT2D eigenvalue weighted by atomic mass is 10.1. The molecule has 0 aliphatic carbocycles. The van der Waals surface area contributed by atoms with Crippen molar-refractivity contribution < 1.29 is 9.90 Å². The van der Waals surface area contributed by atoms with Crippen LogP contribution in [0.2, 0.25) is 0 Å². The molecule has 1 aliphatic heterocycles. The Bertz CT molecular complexity index is 221. The van der Waals surface area contributed by atoms with Crippen LogP contribution in [0, 0.1) is 0 Å². The van der Waals surface area contributed by atoms with Crippen LogP contribution in [0.1, 0.15) is 39.5 Å². The summed E-state index contributed by atoms with van der Waals surface area (Å²) in [4.78, 5) is 13.1. The fourth-order valence-electron chi connectivity index (χ4n) is 2.27. The molecule has 0 aromatic rings. The quantitative estimate of drug-likeness (QED) is 0.745. The second kappa shape index (κ2) is 6.86. The summed E-state index contributed by atoms with van der Waals surface area (Å²) in [6, 6.07) is 0.940. The fourth-order valence-corrected chi connectivity index (χ4v) is 2.27. The Morgan fingerprint density at radius 3 is 2.94 bits per heavy atom. The zero-order valence-electron chi connectivity index (χ0n) is 10.4. The molecule has 2 N–H and O–H groups in total. The van der Waals surface area contributed by atoms with E-state index < -0.39 is 5.97 Å². The van der Waals surface area contributed by atoms with E-state index in [1.165, 1.54) is 0 Å². The van der Waals surface area contributed by atoms with Crippen molar-refractivity contribution in [2.24, 2.45) is 0 Å². The predicted molar refractivity (Wildman–Crippen MR) is 64.6 cm³/mol. The van der Waals surface area contributed by atoms with Gasteiger partial charge in [-0.2, -0.15) is 0 Å². The Morgan fingerprint density at radius 1 is 1.56 bits per heavy atom. The summed E-state index contributed by atoms with van der Waals surface area (Å²) in [5.41, 5.74) is 0. The fraction of sp³-hybridized carbons (Fsp3) is 0.917. The van der Waals surface area contributed by atoms with Gasteiger partial charge in [0.25, 0.3) is 0 Å². The molecule has 4 heteroatoms. The van der Waals surface area contributed by atoms with E-state index in [0.29, 0.717) is 12.1 Å². The molecule has 0 aromatic carbocycles. The van der Waals surface area contributed by atoms with E-state index in [0.717, 1.165) is 38.9 Å². The number of rotatable bonds is 5. The molecule has 1 heterocycles. The third kappa shape index (κ3) is 4.49. The topological polar surface area (TPSA) is 52.6 Å². The van der Waals surface area contributed by atoms with Crippen LogP contribution in [0.25, 0.3) is 0 Å². The van der Waals surface area contributed by atoms with Crippen molar-refractivity contribution in [1.29, 1.82) is 0 Å². The van der Waals surface area contributed by atoms with Gasteiger partial charge in [-0.05, 0) is 39.3 Å². The van der Waals surface area contributed by atoms with E-state index in [2.05, 4.69) is 24.1 Å². The van der Waals surface area contributed by atoms with Gasteiger partial charge in [0.1, 0.15) is 0 Å². The number of carboxylic acids is 1. The average molecular weight is 228 g/mol. The number of nitrogens with one attached hydrogen (secondary N) is 1. The molecular weight excluding hydrogens is 204 g/mol. The van der Waals surface area contributed by atoms with Crippen molar-refractivity contribution in [3.8, 4) is 0 Å². The van der Waals surface area contributed by atoms with E-state index in [9.17, 15) is 4.79 Å². The Kier molecular flexibility index (Phi) is 5.77. The van der Waals surface area contributed by atoms with Crippen LogP contribution in [-0.4, -0.2) is 47.7 Å². The normalized spacial score (nSPS) is 27.6. The first-order chi connectivity index (χ1) is 7.63. The number of hydrogen-bond acceptors (Lipinski definition) is 3. The highest BCUT2D eigenvalue weighted by molar-refractivity contribution is 5.66. The van der Waals surface area contributed by atoms with E-state index in [-0.39, 0.29) is 6.42 Å². The van der Waals surface area contributed by atoms with Crippen molar-refractivity contribution in [1.82, 2.24) is 10.2 Å². The highest BCUT2D eigenvalue weighted by Gasteiger charge is 2.22. The van der Waals surface area contributed by atoms with Crippen LogP contribution in [-0.2, 0) is 4.79 Å². The standard InChI is InChI=1S/C12H24N2O2/c1-3-7-14-8-6-10(2)13-9-11(14)4-5-12(15)16/h10-11,13H,3-9H2,1-2H3,(H,15,16). The van der Waals surface area contributed by atoms with Gasteiger partial charge in [-0.25, -0.2) is 0 Å². The van der Waals surface area contributed by atoms with Crippen LogP contribution in [0.5, 0.6) is 0 Å². The van der Waals surface area contributed by atoms with Gasteiger partial charge in [0.15, 0.2) is 0 Å². The average Bonchev–Trinajstić information content (AvgIpc) is 2.40. The minimum absolute atomic E-state index is 0.279. The summed E-state index contributed by atoms with van der Waals surface area (Å²) in [6.07, 6.45) is 3.33. The minimum atomic E-state index is -0.686. The van der Waals surface area contributed by atoms with Crippen molar-refractivity contribution in [2.75, 3.05) is 19.6 Å². The third-order valence-corrected chi connectivity index (χ3v) is 3.27. The molecule has 4 nitrogen and oxygen atoms in total. The number of aliphatic carboxylic acids is 1. The molecule has 1 aliphatic rings. The Balaban J connectivity index is 2.49. The van der Waals surface area contributed by atoms with Crippen molar-refractivity contribution in [3.63, 3.8) is 0 Å². The maximum absolute atomic E-state index is 10.6. The maximum atomic E-state index is 10.6. The minimum Gasteiger partial charge on any atom is -0.481 e. The lowest BCUT2D eigenvalue weighted by molar-refractivity contribution is -0.137. The molecular formula is C12H24N2O2. The maximum Gasteiger partial charge on any atom is 0.303 e. The molecule has 0 aromatic heterocycles. The first-order valence-electron chi connectivity index (χ1n) is 6.32. The number of carbonyl (C=O) groups is 1. The lowest BCUT2D eigenvalue weighted by Crippen LogP contribution is -2.40. The van der Waals surface area contributed by atoms with Crippen LogP contribution < -0.4 is 5.32 Å². The molecule has 0 amide bonds. The highest BCUT2D eigenvalue weighted by atomic mass is 16.4. The van der Waals surface area contributed by atoms with Crippen molar-refractivity contribution >= 4 is 5.97 Å². The summed E-state index contributed by atoms with van der Waals surface area (Å²) < 4.78 is 0. The molecule has 2 unspecified atom stereocenters. The summed E-state index contributed by atoms with van der Waals surface area (Å²) in [7, 11) is 0. The van der Waals surface area contributed by atoms with Crippen LogP contribution in [0.4, 0.5) is 0 Å².